The van der Waals surface area contributed by atoms with Crippen molar-refractivity contribution < 1.29 is 0 Å². The fourth-order valence-electron chi connectivity index (χ4n) is 10.8. The first kappa shape index (κ1) is 33.9. The lowest BCUT2D eigenvalue weighted by Crippen LogP contribution is -2.14. The lowest BCUT2D eigenvalue weighted by molar-refractivity contribution is 0.661. The largest absolute Gasteiger partial charge is 0.135 e. The van der Waals surface area contributed by atoms with Crippen molar-refractivity contribution in [2.45, 2.75) is 19.3 Å². The molecule has 280 valence electrons. The van der Waals surface area contributed by atoms with E-state index in [2.05, 4.69) is 208 Å². The molecule has 1 aromatic heterocycles. The molecule has 1 heteroatoms. The molecule has 11 aromatic carbocycles. The monoisotopic (exact) mass is 778 g/mol. The first-order valence-corrected chi connectivity index (χ1v) is 21.8. The second-order valence-corrected chi connectivity index (χ2v) is 18.2. The van der Waals surface area contributed by atoms with E-state index in [1.165, 1.54) is 130 Å². The van der Waals surface area contributed by atoms with E-state index in [0.717, 1.165) is 0 Å². The normalized spacial score (nSPS) is 13.3. The summed E-state index contributed by atoms with van der Waals surface area (Å²) in [5.41, 5.74) is 13.1. The van der Waals surface area contributed by atoms with Gasteiger partial charge in [-0.3, -0.25) is 0 Å². The lowest BCUT2D eigenvalue weighted by Gasteiger charge is -2.22. The van der Waals surface area contributed by atoms with Crippen LogP contribution in [-0.2, 0) is 5.41 Å². The Hall–Kier alpha value is -7.06. The molecule has 0 radical (unpaired) electrons. The van der Waals surface area contributed by atoms with Crippen LogP contribution in [0.1, 0.15) is 25.0 Å². The van der Waals surface area contributed by atoms with Crippen molar-refractivity contribution in [1.82, 2.24) is 0 Å². The van der Waals surface area contributed by atoms with E-state index in [9.17, 15) is 0 Å². The van der Waals surface area contributed by atoms with Crippen LogP contribution in [0.5, 0.6) is 0 Å². The van der Waals surface area contributed by atoms with Gasteiger partial charge in [0.2, 0.25) is 0 Å². The summed E-state index contributed by atoms with van der Waals surface area (Å²) in [5, 5.41) is 15.6. The molecule has 1 heterocycles. The van der Waals surface area contributed by atoms with Gasteiger partial charge in [0.25, 0.3) is 0 Å². The number of fused-ring (bicyclic) bond motifs is 13. The van der Waals surface area contributed by atoms with Crippen molar-refractivity contribution in [3.8, 4) is 44.5 Å². The first-order chi connectivity index (χ1) is 29.5. The highest BCUT2D eigenvalue weighted by Gasteiger charge is 2.37. The predicted molar refractivity (Wildman–Crippen MR) is 261 cm³/mol. The fraction of sp³-hybridized carbons (Fsp3) is 0.0508. The topological polar surface area (TPSA) is 0 Å². The van der Waals surface area contributed by atoms with Gasteiger partial charge in [0.1, 0.15) is 0 Å². The van der Waals surface area contributed by atoms with E-state index in [4.69, 9.17) is 0 Å². The highest BCUT2D eigenvalue weighted by atomic mass is 32.1. The van der Waals surface area contributed by atoms with Crippen molar-refractivity contribution in [3.63, 3.8) is 0 Å². The number of benzene rings is 11. The van der Waals surface area contributed by atoms with Gasteiger partial charge in [-0.25, -0.2) is 0 Å². The molecule has 0 atom stereocenters. The molecule has 0 N–H and O–H groups in total. The van der Waals surface area contributed by atoms with Crippen LogP contribution in [0.3, 0.4) is 0 Å². The van der Waals surface area contributed by atoms with Crippen molar-refractivity contribution in [3.05, 3.63) is 205 Å². The predicted octanol–water partition coefficient (Wildman–Crippen LogP) is 17.1. The van der Waals surface area contributed by atoms with Gasteiger partial charge < -0.3 is 0 Å². The zero-order valence-electron chi connectivity index (χ0n) is 33.4. The summed E-state index contributed by atoms with van der Waals surface area (Å²) in [5.74, 6) is 0. The molecule has 0 aliphatic heterocycles. The van der Waals surface area contributed by atoms with Gasteiger partial charge in [0, 0.05) is 25.6 Å². The molecule has 0 saturated carbocycles. The minimum atomic E-state index is -0.111. The van der Waals surface area contributed by atoms with Crippen LogP contribution in [-0.4, -0.2) is 0 Å². The van der Waals surface area contributed by atoms with Crippen molar-refractivity contribution >= 4 is 85.4 Å². The highest BCUT2D eigenvalue weighted by Crippen LogP contribution is 2.55. The average molecular weight is 779 g/mol. The average Bonchev–Trinajstić information content (AvgIpc) is 3.79. The van der Waals surface area contributed by atoms with Crippen LogP contribution in [0.15, 0.2) is 194 Å². The summed E-state index contributed by atoms with van der Waals surface area (Å²) in [6, 6.07) is 72.9. The Kier molecular flexibility index (Phi) is 7.04. The maximum Gasteiger partial charge on any atom is 0.0434 e. The Bertz CT molecular complexity index is 3740. The smallest absolute Gasteiger partial charge is 0.0434 e. The SMILES string of the molecule is CC1(C)c2cc(-c3ccc4cc(-c5c6ccccc6c(-c6cccc7ccccc67)c6ccccc56)ccc4c3)ccc2-c2c1ccc1sc3c4ccccc4ccc3c21. The van der Waals surface area contributed by atoms with Crippen molar-refractivity contribution in [2.24, 2.45) is 0 Å². The van der Waals surface area contributed by atoms with E-state index in [1.54, 1.807) is 0 Å². The maximum atomic E-state index is 2.47. The molecule has 0 unspecified atom stereocenters. The number of hydrogen-bond acceptors (Lipinski definition) is 1. The fourth-order valence-corrected chi connectivity index (χ4v) is 12.0. The molecule has 13 rings (SSSR count). The Morgan fingerprint density at radius 3 is 1.62 bits per heavy atom. The molecular weight excluding hydrogens is 741 g/mol. The van der Waals surface area contributed by atoms with Gasteiger partial charge in [0.15, 0.2) is 0 Å². The van der Waals surface area contributed by atoms with Gasteiger partial charge in [0.05, 0.1) is 0 Å². The van der Waals surface area contributed by atoms with E-state index in [0.29, 0.717) is 0 Å². The quantitative estimate of drug-likeness (QED) is 0.157. The first-order valence-electron chi connectivity index (χ1n) is 21.0. The Morgan fingerprint density at radius 1 is 0.333 bits per heavy atom. The third-order valence-electron chi connectivity index (χ3n) is 13.6. The molecule has 0 amide bonds. The summed E-state index contributed by atoms with van der Waals surface area (Å²) in [6.07, 6.45) is 0. The van der Waals surface area contributed by atoms with Gasteiger partial charge in [-0.2, -0.15) is 0 Å². The van der Waals surface area contributed by atoms with Gasteiger partial charge in [-0.1, -0.05) is 184 Å². The molecular formula is C59H38S. The second-order valence-electron chi connectivity index (χ2n) is 17.2. The molecule has 1 aliphatic rings. The van der Waals surface area contributed by atoms with E-state index in [-0.39, 0.29) is 5.41 Å². The third-order valence-corrected chi connectivity index (χ3v) is 14.8. The van der Waals surface area contributed by atoms with Crippen LogP contribution < -0.4 is 0 Å². The second kappa shape index (κ2) is 12.5. The molecule has 0 bridgehead atoms. The Labute approximate surface area is 352 Å². The zero-order chi connectivity index (χ0) is 39.7. The molecule has 0 spiro atoms. The number of rotatable bonds is 3. The molecule has 0 nitrogen and oxygen atoms in total. The molecule has 1 aliphatic carbocycles. The summed E-state index contributed by atoms with van der Waals surface area (Å²) >= 11 is 1.93. The number of thiophene rings is 1. The highest BCUT2D eigenvalue weighted by molar-refractivity contribution is 7.26. The van der Waals surface area contributed by atoms with Crippen LogP contribution in [0.25, 0.3) is 119 Å². The van der Waals surface area contributed by atoms with Gasteiger partial charge in [-0.15, -0.1) is 11.3 Å². The van der Waals surface area contributed by atoms with E-state index >= 15 is 0 Å². The molecule has 0 fully saturated rings. The standard InChI is InChI=1S/C59H38S/c1-59(2)51-30-31-53-57(50-29-26-36-13-4-6-16-43(36)58(50)60-53)56(51)49-28-27-40(34-52(49)59)38-22-23-39-33-41(25-24-37(39)32-38)54-45-17-7-9-19-47(45)55(48-20-10-8-18-46(48)54)44-21-11-14-35-12-3-5-15-42(35)44/h3-34H,1-2H3. The van der Waals surface area contributed by atoms with E-state index < -0.39 is 0 Å². The van der Waals surface area contributed by atoms with Crippen LogP contribution in [0, 0.1) is 0 Å². The van der Waals surface area contributed by atoms with Gasteiger partial charge >= 0.3 is 0 Å². The minimum absolute atomic E-state index is 0.111. The summed E-state index contributed by atoms with van der Waals surface area (Å²) in [4.78, 5) is 0. The molecule has 12 aromatic rings. The van der Waals surface area contributed by atoms with Crippen molar-refractivity contribution in [2.75, 3.05) is 0 Å². The summed E-state index contributed by atoms with van der Waals surface area (Å²) in [6.45, 7) is 4.81. The zero-order valence-corrected chi connectivity index (χ0v) is 34.2. The summed E-state index contributed by atoms with van der Waals surface area (Å²) in [7, 11) is 0. The number of hydrogen-bond donors (Lipinski definition) is 0. The maximum absolute atomic E-state index is 2.47. The molecule has 0 saturated heterocycles. The Balaban J connectivity index is 0.932. The van der Waals surface area contributed by atoms with Crippen LogP contribution in [0.4, 0.5) is 0 Å². The van der Waals surface area contributed by atoms with Crippen LogP contribution in [0.2, 0.25) is 0 Å². The van der Waals surface area contributed by atoms with E-state index in [1.807, 2.05) is 11.3 Å². The minimum Gasteiger partial charge on any atom is -0.135 e. The lowest BCUT2D eigenvalue weighted by atomic mass is 9.81. The summed E-state index contributed by atoms with van der Waals surface area (Å²) < 4.78 is 2.75. The van der Waals surface area contributed by atoms with Gasteiger partial charge in [-0.05, 0) is 134 Å². The Morgan fingerprint density at radius 2 is 0.883 bits per heavy atom. The third kappa shape index (κ3) is 4.73. The molecule has 60 heavy (non-hydrogen) atoms. The van der Waals surface area contributed by atoms with Crippen LogP contribution >= 0.6 is 11.3 Å². The van der Waals surface area contributed by atoms with Crippen molar-refractivity contribution in [1.29, 1.82) is 0 Å².